The van der Waals surface area contributed by atoms with Gasteiger partial charge in [-0.25, -0.2) is 0 Å². The molecule has 0 aromatic carbocycles. The largest absolute Gasteiger partial charge is 0.334 e. The van der Waals surface area contributed by atoms with Crippen molar-refractivity contribution in [1.82, 2.24) is 24.6 Å². The minimum atomic E-state index is 0.0659. The number of aromatic nitrogens is 3. The van der Waals surface area contributed by atoms with Crippen molar-refractivity contribution in [3.63, 3.8) is 0 Å². The van der Waals surface area contributed by atoms with E-state index in [0.717, 1.165) is 26.2 Å². The molecule has 6 heteroatoms. The van der Waals surface area contributed by atoms with Crippen molar-refractivity contribution in [2.75, 3.05) is 19.6 Å². The summed E-state index contributed by atoms with van der Waals surface area (Å²) in [4.78, 5) is 20.7. The first-order chi connectivity index (χ1) is 10.7. The normalized spacial score (nSPS) is 15.1. The van der Waals surface area contributed by atoms with Crippen molar-refractivity contribution in [2.45, 2.75) is 19.5 Å². The van der Waals surface area contributed by atoms with Crippen LogP contribution in [0.3, 0.4) is 0 Å². The number of nitrogens with zero attached hydrogens (tertiary/aromatic N) is 5. The van der Waals surface area contributed by atoms with Crippen LogP contribution >= 0.6 is 0 Å². The summed E-state index contributed by atoms with van der Waals surface area (Å²) in [5, 5.41) is 4.06. The molecule has 2 aromatic rings. The van der Waals surface area contributed by atoms with E-state index in [2.05, 4.69) is 21.9 Å². The third kappa shape index (κ3) is 2.87. The lowest BCUT2D eigenvalue weighted by Crippen LogP contribution is -2.60. The molecular weight excluding hydrogens is 278 g/mol. The molecule has 0 N–H and O–H groups in total. The van der Waals surface area contributed by atoms with Crippen molar-refractivity contribution in [2.24, 2.45) is 7.05 Å². The topological polar surface area (TPSA) is 54.3 Å². The van der Waals surface area contributed by atoms with Crippen molar-refractivity contribution in [3.05, 3.63) is 48.0 Å². The van der Waals surface area contributed by atoms with Crippen molar-refractivity contribution in [1.29, 1.82) is 0 Å². The summed E-state index contributed by atoms with van der Waals surface area (Å²) in [6.45, 7) is 5.59. The molecule has 0 bridgehead atoms. The van der Waals surface area contributed by atoms with Crippen LogP contribution in [0.5, 0.6) is 0 Å². The highest BCUT2D eigenvalue weighted by Crippen LogP contribution is 2.19. The summed E-state index contributed by atoms with van der Waals surface area (Å²) in [6, 6.07) is 6.28. The Hall–Kier alpha value is -2.21. The summed E-state index contributed by atoms with van der Waals surface area (Å²) >= 11 is 0. The average molecular weight is 299 g/mol. The van der Waals surface area contributed by atoms with Gasteiger partial charge in [0.05, 0.1) is 0 Å². The van der Waals surface area contributed by atoms with Crippen LogP contribution in [0.4, 0.5) is 0 Å². The lowest BCUT2D eigenvalue weighted by Gasteiger charge is -2.45. The Morgan fingerprint density at radius 3 is 2.59 bits per heavy atom. The number of likely N-dealkylation sites (N-methyl/N-ethyl adjacent to an activating group) is 1. The molecule has 0 saturated carbocycles. The molecule has 2 aromatic heterocycles. The lowest BCUT2D eigenvalue weighted by atomic mass is 10.1. The molecule has 1 aliphatic rings. The molecule has 22 heavy (non-hydrogen) atoms. The van der Waals surface area contributed by atoms with E-state index in [1.165, 1.54) is 5.56 Å². The lowest BCUT2D eigenvalue weighted by molar-refractivity contribution is 0.0245. The van der Waals surface area contributed by atoms with E-state index >= 15 is 0 Å². The first kappa shape index (κ1) is 14.7. The van der Waals surface area contributed by atoms with Gasteiger partial charge in [-0.1, -0.05) is 6.92 Å². The minimum absolute atomic E-state index is 0.0659. The van der Waals surface area contributed by atoms with Crippen LogP contribution in [-0.4, -0.2) is 56.1 Å². The quantitative estimate of drug-likeness (QED) is 0.831. The zero-order valence-electron chi connectivity index (χ0n) is 13.0. The maximum Gasteiger partial charge on any atom is 0.272 e. The summed E-state index contributed by atoms with van der Waals surface area (Å²) < 4.78 is 1.63. The monoisotopic (exact) mass is 299 g/mol. The van der Waals surface area contributed by atoms with Crippen molar-refractivity contribution in [3.8, 4) is 0 Å². The molecule has 6 nitrogen and oxygen atoms in total. The standard InChI is InChI=1S/C16H21N5O/c1-3-20(10-13-4-7-17-8-5-13)14-11-21(12-14)16(22)15-6-9-18-19(15)2/h4-9,14H,3,10-12H2,1-2H3. The van der Waals surface area contributed by atoms with E-state index in [4.69, 9.17) is 0 Å². The number of rotatable bonds is 5. The van der Waals surface area contributed by atoms with E-state index in [9.17, 15) is 4.79 Å². The Bertz CT molecular complexity index is 633. The van der Waals surface area contributed by atoms with E-state index in [1.807, 2.05) is 29.4 Å². The second-order valence-corrected chi connectivity index (χ2v) is 5.62. The van der Waals surface area contributed by atoms with Crippen molar-refractivity contribution < 1.29 is 4.79 Å². The van der Waals surface area contributed by atoms with Crippen LogP contribution in [0.2, 0.25) is 0 Å². The molecule has 0 atom stereocenters. The fourth-order valence-electron chi connectivity index (χ4n) is 2.82. The van der Waals surface area contributed by atoms with E-state index in [-0.39, 0.29) is 5.91 Å². The van der Waals surface area contributed by atoms with Gasteiger partial charge >= 0.3 is 0 Å². The molecule has 116 valence electrons. The molecule has 3 rings (SSSR count). The summed E-state index contributed by atoms with van der Waals surface area (Å²) in [5.74, 6) is 0.0659. The zero-order chi connectivity index (χ0) is 15.5. The van der Waals surface area contributed by atoms with Gasteiger partial charge in [-0.15, -0.1) is 0 Å². The van der Waals surface area contributed by atoms with Gasteiger partial charge in [0.2, 0.25) is 0 Å². The molecule has 3 heterocycles. The predicted molar refractivity (Wildman–Crippen MR) is 83.2 cm³/mol. The van der Waals surface area contributed by atoms with Crippen LogP contribution < -0.4 is 0 Å². The van der Waals surface area contributed by atoms with E-state index in [0.29, 0.717) is 11.7 Å². The Labute approximate surface area is 130 Å². The van der Waals surface area contributed by atoms with Crippen LogP contribution in [-0.2, 0) is 13.6 Å². The number of pyridine rings is 1. The van der Waals surface area contributed by atoms with Gasteiger partial charge in [-0.05, 0) is 30.3 Å². The number of likely N-dealkylation sites (tertiary alicyclic amines) is 1. The number of hydrogen-bond donors (Lipinski definition) is 0. The molecule has 0 unspecified atom stereocenters. The third-order valence-electron chi connectivity index (χ3n) is 4.25. The molecule has 1 aliphatic heterocycles. The molecular formula is C16H21N5O. The van der Waals surface area contributed by atoms with Gasteiger partial charge < -0.3 is 4.90 Å². The Balaban J connectivity index is 1.57. The molecule has 0 spiro atoms. The first-order valence-corrected chi connectivity index (χ1v) is 7.59. The Morgan fingerprint density at radius 2 is 2.00 bits per heavy atom. The summed E-state index contributed by atoms with van der Waals surface area (Å²) in [7, 11) is 1.80. The molecule has 0 radical (unpaired) electrons. The highest BCUT2D eigenvalue weighted by Gasteiger charge is 2.35. The van der Waals surface area contributed by atoms with Gasteiger partial charge in [-0.2, -0.15) is 5.10 Å². The highest BCUT2D eigenvalue weighted by molar-refractivity contribution is 5.93. The fourth-order valence-corrected chi connectivity index (χ4v) is 2.82. The minimum Gasteiger partial charge on any atom is -0.334 e. The van der Waals surface area contributed by atoms with Gasteiger partial charge in [0.15, 0.2) is 0 Å². The first-order valence-electron chi connectivity index (χ1n) is 7.59. The predicted octanol–water partition coefficient (Wildman–Crippen LogP) is 1.16. The van der Waals surface area contributed by atoms with Gasteiger partial charge in [0, 0.05) is 51.3 Å². The van der Waals surface area contributed by atoms with Gasteiger partial charge in [-0.3, -0.25) is 19.4 Å². The smallest absolute Gasteiger partial charge is 0.272 e. The van der Waals surface area contributed by atoms with Crippen LogP contribution in [0.15, 0.2) is 36.8 Å². The maximum absolute atomic E-state index is 12.4. The number of carbonyl (C=O) groups excluding carboxylic acids is 1. The van der Waals surface area contributed by atoms with Gasteiger partial charge in [0.1, 0.15) is 5.69 Å². The number of carbonyl (C=O) groups is 1. The molecule has 1 amide bonds. The van der Waals surface area contributed by atoms with Crippen molar-refractivity contribution >= 4 is 5.91 Å². The Kier molecular flexibility index (Phi) is 4.20. The third-order valence-corrected chi connectivity index (χ3v) is 4.25. The summed E-state index contributed by atoms with van der Waals surface area (Å²) in [6.07, 6.45) is 5.30. The SMILES string of the molecule is CCN(Cc1ccncc1)C1CN(C(=O)c2ccnn2C)C1. The second kappa shape index (κ2) is 6.27. The average Bonchev–Trinajstić information content (AvgIpc) is 2.91. The maximum atomic E-state index is 12.4. The summed E-state index contributed by atoms with van der Waals surface area (Å²) in [5.41, 5.74) is 1.91. The number of hydrogen-bond acceptors (Lipinski definition) is 4. The van der Waals surface area contributed by atoms with Gasteiger partial charge in [0.25, 0.3) is 5.91 Å². The molecule has 1 fully saturated rings. The van der Waals surface area contributed by atoms with E-state index < -0.39 is 0 Å². The number of aryl methyl sites for hydroxylation is 1. The molecule has 1 saturated heterocycles. The zero-order valence-corrected chi connectivity index (χ0v) is 13.0. The highest BCUT2D eigenvalue weighted by atomic mass is 16.2. The van der Waals surface area contributed by atoms with Crippen LogP contribution in [0.25, 0.3) is 0 Å². The second-order valence-electron chi connectivity index (χ2n) is 5.62. The van der Waals surface area contributed by atoms with Crippen LogP contribution in [0, 0.1) is 0 Å². The fraction of sp³-hybridized carbons (Fsp3) is 0.438. The van der Waals surface area contributed by atoms with E-state index in [1.54, 1.807) is 24.0 Å². The van der Waals surface area contributed by atoms with Crippen LogP contribution in [0.1, 0.15) is 23.0 Å². The molecule has 0 aliphatic carbocycles. The Morgan fingerprint density at radius 1 is 1.27 bits per heavy atom. The number of amides is 1.